The number of halogens is 1. The molecule has 0 unspecified atom stereocenters. The summed E-state index contributed by atoms with van der Waals surface area (Å²) in [4.78, 5) is 22.7. The van der Waals surface area contributed by atoms with E-state index in [2.05, 4.69) is 53.6 Å². The highest BCUT2D eigenvalue weighted by atomic mass is 19.1. The Kier molecular flexibility index (Phi) is 8.86. The molecular weight excluding hydrogens is 535 g/mol. The van der Waals surface area contributed by atoms with Crippen molar-refractivity contribution in [2.24, 2.45) is 0 Å². The van der Waals surface area contributed by atoms with Crippen LogP contribution in [0, 0.1) is 6.92 Å². The SMILES string of the molecule is Cc1ccc(CNc2cc(CF)cc(OCCN3CCCC3)c2)cc1Nc1ncnc2cnc(N3CCOCC3)nc12. The molecule has 0 spiro atoms. The summed E-state index contributed by atoms with van der Waals surface area (Å²) in [6.07, 6.45) is 5.76. The predicted octanol–water partition coefficient (Wildman–Crippen LogP) is 4.86. The van der Waals surface area contributed by atoms with Gasteiger partial charge in [-0.05, 0) is 67.7 Å². The van der Waals surface area contributed by atoms with Crippen molar-refractivity contribution in [1.29, 1.82) is 0 Å². The topological polar surface area (TPSA) is 101 Å². The predicted molar refractivity (Wildman–Crippen MR) is 162 cm³/mol. The van der Waals surface area contributed by atoms with Gasteiger partial charge in [0.05, 0.1) is 19.4 Å². The first-order valence-corrected chi connectivity index (χ1v) is 14.6. The molecule has 2 N–H and O–H groups in total. The number of aromatic nitrogens is 4. The number of rotatable bonds is 11. The summed E-state index contributed by atoms with van der Waals surface area (Å²) < 4.78 is 25.1. The fourth-order valence-corrected chi connectivity index (χ4v) is 5.32. The molecule has 0 amide bonds. The first kappa shape index (κ1) is 28.0. The minimum Gasteiger partial charge on any atom is -0.492 e. The van der Waals surface area contributed by atoms with Crippen LogP contribution < -0.4 is 20.3 Å². The van der Waals surface area contributed by atoms with E-state index < -0.39 is 6.67 Å². The molecule has 42 heavy (non-hydrogen) atoms. The van der Waals surface area contributed by atoms with Crippen LogP contribution in [0.5, 0.6) is 5.75 Å². The molecule has 6 rings (SSSR count). The van der Waals surface area contributed by atoms with E-state index in [9.17, 15) is 4.39 Å². The van der Waals surface area contributed by atoms with E-state index in [0.717, 1.165) is 55.2 Å². The van der Waals surface area contributed by atoms with Crippen LogP contribution in [0.2, 0.25) is 0 Å². The standard InChI is InChI=1S/C31H37FN8O2/c1-22-4-5-23(19-33-25-14-24(18-32)15-26(17-25)42-13-8-39-6-2-3-7-39)16-27(22)37-30-29-28(35-21-36-30)20-34-31(38-29)40-9-11-41-12-10-40/h4-5,14-17,20-21,33H,2-3,6-13,18-19H2,1H3,(H,35,36,37). The first-order chi connectivity index (χ1) is 20.6. The molecule has 0 aliphatic carbocycles. The van der Waals surface area contributed by atoms with Crippen molar-refractivity contribution in [3.63, 3.8) is 0 Å². The van der Waals surface area contributed by atoms with Gasteiger partial charge in [-0.25, -0.2) is 24.3 Å². The van der Waals surface area contributed by atoms with Gasteiger partial charge >= 0.3 is 0 Å². The zero-order valence-corrected chi connectivity index (χ0v) is 24.0. The highest BCUT2D eigenvalue weighted by molar-refractivity contribution is 5.87. The third kappa shape index (κ3) is 6.85. The summed E-state index contributed by atoms with van der Waals surface area (Å²) in [6, 6.07) is 11.8. The minimum absolute atomic E-state index is 0.541. The second kappa shape index (κ2) is 13.3. The Morgan fingerprint density at radius 1 is 0.976 bits per heavy atom. The van der Waals surface area contributed by atoms with Gasteiger partial charge in [-0.15, -0.1) is 0 Å². The number of nitrogens with one attached hydrogen (secondary N) is 2. The van der Waals surface area contributed by atoms with Crippen molar-refractivity contribution in [2.75, 3.05) is 68.1 Å². The van der Waals surface area contributed by atoms with Gasteiger partial charge in [-0.3, -0.25) is 4.90 Å². The second-order valence-electron chi connectivity index (χ2n) is 10.7. The van der Waals surface area contributed by atoms with E-state index >= 15 is 0 Å². The van der Waals surface area contributed by atoms with Gasteiger partial charge in [0.25, 0.3) is 0 Å². The van der Waals surface area contributed by atoms with Crippen LogP contribution in [0.1, 0.15) is 29.5 Å². The highest BCUT2D eigenvalue weighted by Crippen LogP contribution is 2.27. The number of nitrogens with zero attached hydrogens (tertiary/aromatic N) is 6. The smallest absolute Gasteiger partial charge is 0.226 e. The lowest BCUT2D eigenvalue weighted by Crippen LogP contribution is -2.37. The normalized spacial score (nSPS) is 15.7. The zero-order chi connectivity index (χ0) is 28.7. The third-order valence-electron chi connectivity index (χ3n) is 7.71. The number of morpholine rings is 1. The van der Waals surface area contributed by atoms with Crippen LogP contribution in [0.15, 0.2) is 48.9 Å². The zero-order valence-electron chi connectivity index (χ0n) is 24.0. The maximum atomic E-state index is 13.6. The molecule has 2 aliphatic rings. The Morgan fingerprint density at radius 2 is 1.83 bits per heavy atom. The molecule has 220 valence electrons. The Morgan fingerprint density at radius 3 is 2.67 bits per heavy atom. The fourth-order valence-electron chi connectivity index (χ4n) is 5.32. The van der Waals surface area contributed by atoms with Gasteiger partial charge in [-0.2, -0.15) is 0 Å². The number of fused-ring (bicyclic) bond motifs is 1. The molecule has 4 aromatic rings. The van der Waals surface area contributed by atoms with Crippen LogP contribution >= 0.6 is 0 Å². The van der Waals surface area contributed by atoms with Gasteiger partial charge in [0, 0.05) is 43.6 Å². The summed E-state index contributed by atoms with van der Waals surface area (Å²) in [5, 5.41) is 6.92. The lowest BCUT2D eigenvalue weighted by molar-refractivity contribution is 0.122. The van der Waals surface area contributed by atoms with E-state index in [1.165, 1.54) is 19.2 Å². The van der Waals surface area contributed by atoms with Crippen LogP contribution in [0.4, 0.5) is 27.5 Å². The summed E-state index contributed by atoms with van der Waals surface area (Å²) in [7, 11) is 0. The van der Waals surface area contributed by atoms with Crippen molar-refractivity contribution in [3.05, 3.63) is 65.6 Å². The fraction of sp³-hybridized carbons (Fsp3) is 0.419. The van der Waals surface area contributed by atoms with Crippen molar-refractivity contribution in [2.45, 2.75) is 33.0 Å². The van der Waals surface area contributed by atoms with E-state index in [1.54, 1.807) is 12.3 Å². The van der Waals surface area contributed by atoms with Gasteiger partial charge in [0.2, 0.25) is 5.95 Å². The summed E-state index contributed by atoms with van der Waals surface area (Å²) in [5.41, 5.74) is 5.81. The summed E-state index contributed by atoms with van der Waals surface area (Å²) in [6.45, 7) is 8.62. The molecule has 11 heteroatoms. The molecule has 2 fully saturated rings. The van der Waals surface area contributed by atoms with E-state index in [1.807, 2.05) is 19.1 Å². The molecular formula is C31H37FN8O2. The van der Waals surface area contributed by atoms with Crippen molar-refractivity contribution in [1.82, 2.24) is 24.8 Å². The van der Waals surface area contributed by atoms with Crippen molar-refractivity contribution >= 4 is 34.2 Å². The molecule has 4 heterocycles. The van der Waals surface area contributed by atoms with E-state index in [4.69, 9.17) is 14.5 Å². The maximum absolute atomic E-state index is 13.6. The Labute approximate surface area is 245 Å². The second-order valence-corrected chi connectivity index (χ2v) is 10.7. The molecule has 2 aliphatic heterocycles. The number of anilines is 4. The van der Waals surface area contributed by atoms with Crippen molar-refractivity contribution < 1.29 is 13.9 Å². The number of hydrogen-bond donors (Lipinski definition) is 2. The van der Waals surface area contributed by atoms with Crippen LogP contribution in [-0.4, -0.2) is 77.4 Å². The largest absolute Gasteiger partial charge is 0.492 e. The van der Waals surface area contributed by atoms with Crippen LogP contribution in [0.3, 0.4) is 0 Å². The number of benzene rings is 2. The van der Waals surface area contributed by atoms with Crippen LogP contribution in [-0.2, 0) is 18.0 Å². The molecule has 0 atom stereocenters. The minimum atomic E-state index is -0.541. The van der Waals surface area contributed by atoms with Gasteiger partial charge < -0.3 is 25.0 Å². The lowest BCUT2D eigenvalue weighted by atomic mass is 10.1. The Bertz CT molecular complexity index is 1510. The highest BCUT2D eigenvalue weighted by Gasteiger charge is 2.17. The number of hydrogen-bond acceptors (Lipinski definition) is 10. The number of likely N-dealkylation sites (tertiary alicyclic amines) is 1. The number of alkyl halides is 1. The first-order valence-electron chi connectivity index (χ1n) is 14.6. The third-order valence-corrected chi connectivity index (χ3v) is 7.71. The van der Waals surface area contributed by atoms with Gasteiger partial charge in [0.15, 0.2) is 5.82 Å². The maximum Gasteiger partial charge on any atom is 0.226 e. The molecule has 0 saturated carbocycles. The molecule has 10 nitrogen and oxygen atoms in total. The Hall–Kier alpha value is -4.09. The lowest BCUT2D eigenvalue weighted by Gasteiger charge is -2.26. The summed E-state index contributed by atoms with van der Waals surface area (Å²) in [5.74, 6) is 1.96. The monoisotopic (exact) mass is 572 g/mol. The molecule has 2 aromatic carbocycles. The number of ether oxygens (including phenoxy) is 2. The Balaban J connectivity index is 1.15. The molecule has 2 saturated heterocycles. The summed E-state index contributed by atoms with van der Waals surface area (Å²) >= 11 is 0. The quantitative estimate of drug-likeness (QED) is 0.259. The molecule has 0 radical (unpaired) electrons. The van der Waals surface area contributed by atoms with Crippen LogP contribution in [0.25, 0.3) is 11.0 Å². The van der Waals surface area contributed by atoms with Crippen molar-refractivity contribution in [3.8, 4) is 5.75 Å². The molecule has 0 bridgehead atoms. The average Bonchev–Trinajstić information content (AvgIpc) is 3.55. The molecule has 2 aromatic heterocycles. The van der Waals surface area contributed by atoms with E-state index in [-0.39, 0.29) is 0 Å². The average molecular weight is 573 g/mol. The van der Waals surface area contributed by atoms with Gasteiger partial charge in [-0.1, -0.05) is 12.1 Å². The van der Waals surface area contributed by atoms with Gasteiger partial charge in [0.1, 0.15) is 36.4 Å². The van der Waals surface area contributed by atoms with E-state index in [0.29, 0.717) is 60.5 Å². The number of aryl methyl sites for hydroxylation is 1.